The minimum atomic E-state index is -0.434. The molecule has 0 spiro atoms. The Bertz CT molecular complexity index is 846. The Morgan fingerprint density at radius 2 is 1.61 bits per heavy atom. The van der Waals surface area contributed by atoms with Gasteiger partial charge in [0.1, 0.15) is 22.8 Å². The fourth-order valence-corrected chi connectivity index (χ4v) is 2.41. The van der Waals surface area contributed by atoms with E-state index in [0.29, 0.717) is 28.0 Å². The van der Waals surface area contributed by atoms with Crippen LogP contribution in [-0.4, -0.2) is 27.3 Å². The summed E-state index contributed by atoms with van der Waals surface area (Å²) in [7, 11) is 4.50. The van der Waals surface area contributed by atoms with Crippen LogP contribution in [0.5, 0.6) is 11.5 Å². The van der Waals surface area contributed by atoms with Crippen LogP contribution in [0.1, 0.15) is 10.4 Å². The molecule has 0 bridgehead atoms. The summed E-state index contributed by atoms with van der Waals surface area (Å²) < 4.78 is 21.1. The lowest BCUT2D eigenvalue weighted by Crippen LogP contribution is -2.02. The van der Waals surface area contributed by atoms with Crippen molar-refractivity contribution >= 4 is 16.9 Å². The van der Waals surface area contributed by atoms with Crippen LogP contribution < -0.4 is 9.47 Å². The Morgan fingerprint density at radius 1 is 0.913 bits per heavy atom. The zero-order chi connectivity index (χ0) is 16.4. The minimum Gasteiger partial charge on any atom is -0.497 e. The van der Waals surface area contributed by atoms with Crippen LogP contribution in [0.3, 0.4) is 0 Å². The zero-order valence-electron chi connectivity index (χ0n) is 13.1. The van der Waals surface area contributed by atoms with Gasteiger partial charge in [0.15, 0.2) is 0 Å². The lowest BCUT2D eigenvalue weighted by molar-refractivity contribution is 0.0602. The molecule has 0 saturated carbocycles. The predicted octanol–water partition coefficient (Wildman–Crippen LogP) is 3.90. The van der Waals surface area contributed by atoms with Gasteiger partial charge in [-0.05, 0) is 36.4 Å². The number of furan rings is 1. The standard InChI is InChI=1S/C18H16O5/c1-20-12-6-4-11(5-7-12)16-10-14-15(18(19)22-3)8-13(21-2)9-17(14)23-16/h4-10H,1-3H3. The van der Waals surface area contributed by atoms with E-state index < -0.39 is 5.97 Å². The molecule has 0 saturated heterocycles. The number of carbonyl (C=O) groups excluding carboxylic acids is 1. The number of rotatable bonds is 4. The topological polar surface area (TPSA) is 57.9 Å². The fraction of sp³-hybridized carbons (Fsp3) is 0.167. The molecule has 0 unspecified atom stereocenters. The Morgan fingerprint density at radius 3 is 2.22 bits per heavy atom. The largest absolute Gasteiger partial charge is 0.497 e. The number of benzene rings is 2. The Hall–Kier alpha value is -2.95. The summed E-state index contributed by atoms with van der Waals surface area (Å²) in [5.41, 5.74) is 1.86. The minimum absolute atomic E-state index is 0.408. The molecule has 0 N–H and O–H groups in total. The van der Waals surface area contributed by atoms with Crippen LogP contribution in [-0.2, 0) is 4.74 Å². The van der Waals surface area contributed by atoms with Gasteiger partial charge in [-0.1, -0.05) is 0 Å². The number of carbonyl (C=O) groups is 1. The summed E-state index contributed by atoms with van der Waals surface area (Å²) in [5.74, 6) is 1.52. The Labute approximate surface area is 133 Å². The van der Waals surface area contributed by atoms with Gasteiger partial charge in [0, 0.05) is 17.0 Å². The van der Waals surface area contributed by atoms with Gasteiger partial charge in [-0.15, -0.1) is 0 Å². The maximum absolute atomic E-state index is 12.0. The molecule has 0 aliphatic rings. The van der Waals surface area contributed by atoms with E-state index in [-0.39, 0.29) is 0 Å². The molecule has 5 heteroatoms. The van der Waals surface area contributed by atoms with E-state index in [1.54, 1.807) is 19.2 Å². The number of fused-ring (bicyclic) bond motifs is 1. The molecule has 5 nitrogen and oxygen atoms in total. The molecular formula is C18H16O5. The van der Waals surface area contributed by atoms with E-state index in [9.17, 15) is 4.79 Å². The van der Waals surface area contributed by atoms with Crippen molar-refractivity contribution in [1.29, 1.82) is 0 Å². The molecule has 0 aliphatic carbocycles. The van der Waals surface area contributed by atoms with Crippen molar-refractivity contribution in [3.05, 3.63) is 48.0 Å². The zero-order valence-corrected chi connectivity index (χ0v) is 13.1. The van der Waals surface area contributed by atoms with E-state index >= 15 is 0 Å². The van der Waals surface area contributed by atoms with E-state index in [4.69, 9.17) is 18.6 Å². The number of methoxy groups -OCH3 is 3. The van der Waals surface area contributed by atoms with Gasteiger partial charge in [0.2, 0.25) is 0 Å². The van der Waals surface area contributed by atoms with Crippen LogP contribution >= 0.6 is 0 Å². The highest BCUT2D eigenvalue weighted by Crippen LogP contribution is 2.33. The van der Waals surface area contributed by atoms with E-state index in [1.807, 2.05) is 30.3 Å². The molecule has 118 valence electrons. The Kier molecular flexibility index (Phi) is 3.93. The number of hydrogen-bond donors (Lipinski definition) is 0. The molecule has 3 rings (SSSR count). The second kappa shape index (κ2) is 6.04. The van der Waals surface area contributed by atoms with E-state index in [2.05, 4.69) is 0 Å². The quantitative estimate of drug-likeness (QED) is 0.684. The molecule has 2 aromatic carbocycles. The first-order valence-electron chi connectivity index (χ1n) is 7.00. The second-order valence-electron chi connectivity index (χ2n) is 4.92. The lowest BCUT2D eigenvalue weighted by Gasteiger charge is -2.04. The average Bonchev–Trinajstić information content (AvgIpc) is 3.04. The molecule has 0 atom stereocenters. The van der Waals surface area contributed by atoms with Crippen molar-refractivity contribution in [1.82, 2.24) is 0 Å². The van der Waals surface area contributed by atoms with Crippen molar-refractivity contribution < 1.29 is 23.4 Å². The van der Waals surface area contributed by atoms with Crippen LogP contribution in [0.4, 0.5) is 0 Å². The van der Waals surface area contributed by atoms with Crippen molar-refractivity contribution in [2.24, 2.45) is 0 Å². The fourth-order valence-electron chi connectivity index (χ4n) is 2.41. The molecule has 1 aromatic heterocycles. The highest BCUT2D eigenvalue weighted by Gasteiger charge is 2.17. The number of esters is 1. The monoisotopic (exact) mass is 312 g/mol. The molecule has 0 aliphatic heterocycles. The van der Waals surface area contributed by atoms with E-state index in [0.717, 1.165) is 11.3 Å². The van der Waals surface area contributed by atoms with Crippen molar-refractivity contribution in [2.75, 3.05) is 21.3 Å². The lowest BCUT2D eigenvalue weighted by atomic mass is 10.1. The summed E-state index contributed by atoms with van der Waals surface area (Å²) in [4.78, 5) is 12.0. The third-order valence-electron chi connectivity index (χ3n) is 3.63. The molecule has 0 amide bonds. The maximum Gasteiger partial charge on any atom is 0.338 e. The predicted molar refractivity (Wildman–Crippen MR) is 86.1 cm³/mol. The number of ether oxygens (including phenoxy) is 3. The van der Waals surface area contributed by atoms with Crippen LogP contribution in [0.25, 0.3) is 22.3 Å². The van der Waals surface area contributed by atoms with Gasteiger partial charge in [-0.2, -0.15) is 0 Å². The van der Waals surface area contributed by atoms with Gasteiger partial charge < -0.3 is 18.6 Å². The summed E-state index contributed by atoms with van der Waals surface area (Å²) in [6.45, 7) is 0. The van der Waals surface area contributed by atoms with Gasteiger partial charge in [0.25, 0.3) is 0 Å². The average molecular weight is 312 g/mol. The van der Waals surface area contributed by atoms with Gasteiger partial charge in [-0.3, -0.25) is 0 Å². The first-order valence-corrected chi connectivity index (χ1v) is 7.00. The highest BCUT2D eigenvalue weighted by molar-refractivity contribution is 6.05. The van der Waals surface area contributed by atoms with E-state index in [1.165, 1.54) is 14.2 Å². The third kappa shape index (κ3) is 2.73. The van der Waals surface area contributed by atoms with Gasteiger partial charge >= 0.3 is 5.97 Å². The van der Waals surface area contributed by atoms with Crippen LogP contribution in [0.2, 0.25) is 0 Å². The molecule has 3 aromatic rings. The SMILES string of the molecule is COC(=O)c1cc(OC)cc2oc(-c3ccc(OC)cc3)cc12. The molecule has 23 heavy (non-hydrogen) atoms. The maximum atomic E-state index is 12.0. The molecular weight excluding hydrogens is 296 g/mol. The first kappa shape index (κ1) is 15.0. The van der Waals surface area contributed by atoms with Crippen molar-refractivity contribution in [3.63, 3.8) is 0 Å². The molecule has 1 heterocycles. The summed E-state index contributed by atoms with van der Waals surface area (Å²) in [6.07, 6.45) is 0. The highest BCUT2D eigenvalue weighted by atomic mass is 16.5. The second-order valence-corrected chi connectivity index (χ2v) is 4.92. The van der Waals surface area contributed by atoms with Crippen LogP contribution in [0.15, 0.2) is 46.9 Å². The first-order chi connectivity index (χ1) is 11.2. The molecule has 0 fully saturated rings. The van der Waals surface area contributed by atoms with Crippen LogP contribution in [0, 0.1) is 0 Å². The van der Waals surface area contributed by atoms with Gasteiger partial charge in [0.05, 0.1) is 26.9 Å². The van der Waals surface area contributed by atoms with Gasteiger partial charge in [-0.25, -0.2) is 4.79 Å². The summed E-state index contributed by atoms with van der Waals surface area (Å²) >= 11 is 0. The number of hydrogen-bond acceptors (Lipinski definition) is 5. The summed E-state index contributed by atoms with van der Waals surface area (Å²) in [5, 5.41) is 0.684. The van der Waals surface area contributed by atoms with Crippen molar-refractivity contribution in [2.45, 2.75) is 0 Å². The smallest absolute Gasteiger partial charge is 0.338 e. The normalized spacial score (nSPS) is 10.6. The van der Waals surface area contributed by atoms with Crippen molar-refractivity contribution in [3.8, 4) is 22.8 Å². The Balaban J connectivity index is 2.14. The summed E-state index contributed by atoms with van der Waals surface area (Å²) in [6, 6.07) is 12.7. The third-order valence-corrected chi connectivity index (χ3v) is 3.63. The molecule has 0 radical (unpaired) electrons.